The van der Waals surface area contributed by atoms with Crippen molar-refractivity contribution < 1.29 is 16.8 Å². The number of hydrogen-bond acceptors (Lipinski definition) is 4. The Labute approximate surface area is 112 Å². The van der Waals surface area contributed by atoms with Crippen LogP contribution < -0.4 is 0 Å². The van der Waals surface area contributed by atoms with Gasteiger partial charge in [0.25, 0.3) is 0 Å². The predicted molar refractivity (Wildman–Crippen MR) is 73.2 cm³/mol. The molecule has 0 N–H and O–H groups in total. The van der Waals surface area contributed by atoms with Crippen LogP contribution >= 0.6 is 0 Å². The summed E-state index contributed by atoms with van der Waals surface area (Å²) >= 11 is 0. The van der Waals surface area contributed by atoms with E-state index in [9.17, 15) is 8.42 Å². The molecule has 0 aliphatic rings. The summed E-state index contributed by atoms with van der Waals surface area (Å²) in [5.41, 5.74) is 0. The zero-order chi connectivity index (χ0) is 13.7. The van der Waals surface area contributed by atoms with Crippen LogP contribution in [0, 0.1) is 7.11 Å². The van der Waals surface area contributed by atoms with E-state index < -0.39 is 10.4 Å². The van der Waals surface area contributed by atoms with Crippen molar-refractivity contribution in [1.29, 1.82) is 0 Å². The maximum absolute atomic E-state index is 10.8. The molecule has 0 unspecified atom stereocenters. The van der Waals surface area contributed by atoms with Gasteiger partial charge in [-0.15, -0.1) is 0 Å². The third-order valence-corrected chi connectivity index (χ3v) is 3.61. The first-order valence-corrected chi connectivity index (χ1v) is 8.28. The molecule has 0 aliphatic heterocycles. The molecule has 0 rings (SSSR count). The molecule has 0 aromatic rings. The summed E-state index contributed by atoms with van der Waals surface area (Å²) in [6, 6.07) is 0. The molecule has 0 aromatic carbocycles. The molecule has 108 valence electrons. The number of hydrogen-bond donors (Lipinski definition) is 0. The van der Waals surface area contributed by atoms with Gasteiger partial charge in [-0.25, -0.2) is 4.18 Å². The van der Waals surface area contributed by atoms with E-state index in [0.29, 0.717) is 0 Å². The lowest BCUT2D eigenvalue weighted by atomic mass is 10.1. The first kappa shape index (κ1) is 17.7. The second kappa shape index (κ2) is 11.8. The molecule has 0 atom stereocenters. The highest BCUT2D eigenvalue weighted by Crippen LogP contribution is 2.10. The Balaban J connectivity index is 3.12. The van der Waals surface area contributed by atoms with Crippen molar-refractivity contribution in [2.24, 2.45) is 0 Å². The van der Waals surface area contributed by atoms with E-state index >= 15 is 0 Å². The Morgan fingerprint density at radius 1 is 0.833 bits per heavy atom. The Bertz CT molecular complexity index is 262. The molecule has 0 spiro atoms. The summed E-state index contributed by atoms with van der Waals surface area (Å²) in [6.45, 7) is 2.41. The summed E-state index contributed by atoms with van der Waals surface area (Å²) in [4.78, 5) is 0. The van der Waals surface area contributed by atoms with Crippen LogP contribution in [0.1, 0.15) is 71.1 Å². The van der Waals surface area contributed by atoms with Gasteiger partial charge in [0, 0.05) is 0 Å². The van der Waals surface area contributed by atoms with Crippen LogP contribution in [0.4, 0.5) is 0 Å². The van der Waals surface area contributed by atoms with Gasteiger partial charge in [-0.2, -0.15) is 8.42 Å². The lowest BCUT2D eigenvalue weighted by Gasteiger charge is -2.02. The normalized spacial score (nSPS) is 11.8. The lowest BCUT2D eigenvalue weighted by Crippen LogP contribution is -2.07. The SMILES string of the molecule is [CH2+]OS(=O)(=O)OCCCCCCCCCCCC. The summed E-state index contributed by atoms with van der Waals surface area (Å²) in [5.74, 6) is 0. The van der Waals surface area contributed by atoms with E-state index in [2.05, 4.69) is 22.4 Å². The van der Waals surface area contributed by atoms with Gasteiger partial charge in [0.15, 0.2) is 0 Å². The molecule has 0 bridgehead atoms. The lowest BCUT2D eigenvalue weighted by molar-refractivity contribution is 0.250. The van der Waals surface area contributed by atoms with Crippen LogP contribution in [-0.2, 0) is 18.8 Å². The zero-order valence-electron chi connectivity index (χ0n) is 11.5. The second-order valence-corrected chi connectivity index (χ2v) is 5.82. The highest BCUT2D eigenvalue weighted by molar-refractivity contribution is 7.81. The highest BCUT2D eigenvalue weighted by atomic mass is 32.3. The van der Waals surface area contributed by atoms with Gasteiger partial charge in [-0.05, 0) is 10.6 Å². The minimum atomic E-state index is -3.84. The van der Waals surface area contributed by atoms with Crippen LogP contribution in [0.2, 0.25) is 0 Å². The maximum atomic E-state index is 10.8. The standard InChI is InChI=1S/C13H27O4S/c1-3-4-5-6-7-8-9-10-11-12-13-17-18(14,15)16-2/h2-13H2,1H3/q+1. The molecule has 18 heavy (non-hydrogen) atoms. The summed E-state index contributed by atoms with van der Waals surface area (Å²) in [7, 11) is -1.03. The van der Waals surface area contributed by atoms with Gasteiger partial charge in [-0.3, -0.25) is 0 Å². The Kier molecular flexibility index (Phi) is 11.6. The second-order valence-electron chi connectivity index (χ2n) is 4.53. The van der Waals surface area contributed by atoms with Gasteiger partial charge >= 0.3 is 10.4 Å². The first-order valence-electron chi connectivity index (χ1n) is 6.95. The van der Waals surface area contributed by atoms with Crippen molar-refractivity contribution in [3.8, 4) is 0 Å². The molecular formula is C13H27O4S+. The topological polar surface area (TPSA) is 52.6 Å². The monoisotopic (exact) mass is 279 g/mol. The molecule has 0 radical (unpaired) electrons. The molecule has 0 heterocycles. The first-order chi connectivity index (χ1) is 8.62. The largest absolute Gasteiger partial charge is 0.438 e. The van der Waals surface area contributed by atoms with Gasteiger partial charge in [0.2, 0.25) is 7.11 Å². The molecule has 5 heteroatoms. The number of rotatable bonds is 13. The van der Waals surface area contributed by atoms with E-state index in [-0.39, 0.29) is 6.61 Å². The molecule has 0 aromatic heterocycles. The molecule has 4 nitrogen and oxygen atoms in total. The van der Waals surface area contributed by atoms with E-state index in [1.807, 2.05) is 0 Å². The molecular weight excluding hydrogens is 252 g/mol. The fourth-order valence-corrected chi connectivity index (χ4v) is 2.17. The van der Waals surface area contributed by atoms with Crippen molar-refractivity contribution in [2.45, 2.75) is 71.1 Å². The average Bonchev–Trinajstić information content (AvgIpc) is 2.36. The smallest absolute Gasteiger partial charge is 0.246 e. The van der Waals surface area contributed by atoms with Crippen molar-refractivity contribution in [3.63, 3.8) is 0 Å². The van der Waals surface area contributed by atoms with Gasteiger partial charge < -0.3 is 0 Å². The minimum absolute atomic E-state index is 0.189. The molecule has 0 saturated heterocycles. The van der Waals surface area contributed by atoms with Crippen LogP contribution in [0.25, 0.3) is 0 Å². The quantitative estimate of drug-likeness (QED) is 0.378. The van der Waals surface area contributed by atoms with Crippen LogP contribution in [-0.4, -0.2) is 15.0 Å². The molecule has 0 saturated carbocycles. The Morgan fingerprint density at radius 3 is 1.72 bits per heavy atom. The van der Waals surface area contributed by atoms with Gasteiger partial charge in [0.1, 0.15) is 0 Å². The van der Waals surface area contributed by atoms with Gasteiger partial charge in [0.05, 0.1) is 6.61 Å². The third kappa shape index (κ3) is 12.2. The molecule has 0 aliphatic carbocycles. The summed E-state index contributed by atoms with van der Waals surface area (Å²) in [5, 5.41) is 0. The van der Waals surface area contributed by atoms with Crippen LogP contribution in [0.15, 0.2) is 0 Å². The van der Waals surface area contributed by atoms with E-state index in [1.54, 1.807) is 0 Å². The van der Waals surface area contributed by atoms with E-state index in [0.717, 1.165) is 19.3 Å². The maximum Gasteiger partial charge on any atom is 0.438 e. The van der Waals surface area contributed by atoms with Crippen molar-refractivity contribution in [1.82, 2.24) is 0 Å². The predicted octanol–water partition coefficient (Wildman–Crippen LogP) is 3.98. The minimum Gasteiger partial charge on any atom is -0.246 e. The van der Waals surface area contributed by atoms with Crippen molar-refractivity contribution in [2.75, 3.05) is 6.61 Å². The number of unbranched alkanes of at least 4 members (excludes halogenated alkanes) is 9. The van der Waals surface area contributed by atoms with Crippen LogP contribution in [0.5, 0.6) is 0 Å². The van der Waals surface area contributed by atoms with E-state index in [4.69, 9.17) is 0 Å². The fraction of sp³-hybridized carbons (Fsp3) is 0.923. The summed E-state index contributed by atoms with van der Waals surface area (Å²) < 4.78 is 30.0. The van der Waals surface area contributed by atoms with Crippen LogP contribution in [0.3, 0.4) is 0 Å². The molecule has 0 fully saturated rings. The zero-order valence-corrected chi connectivity index (χ0v) is 12.3. The van der Waals surface area contributed by atoms with Crippen molar-refractivity contribution >= 4 is 10.4 Å². The van der Waals surface area contributed by atoms with Gasteiger partial charge in [-0.1, -0.05) is 64.7 Å². The van der Waals surface area contributed by atoms with E-state index in [1.165, 1.54) is 44.9 Å². The fourth-order valence-electron chi connectivity index (χ4n) is 1.78. The molecule has 0 amide bonds. The van der Waals surface area contributed by atoms with Crippen molar-refractivity contribution in [3.05, 3.63) is 7.11 Å². The highest BCUT2D eigenvalue weighted by Gasteiger charge is 2.12. The Hall–Kier alpha value is -0.260. The third-order valence-electron chi connectivity index (χ3n) is 2.87. The summed E-state index contributed by atoms with van der Waals surface area (Å²) in [6.07, 6.45) is 12.1. The average molecular weight is 279 g/mol. The Morgan fingerprint density at radius 2 is 1.28 bits per heavy atom.